The normalized spacial score (nSPS) is 10.8. The van der Waals surface area contributed by atoms with Gasteiger partial charge in [0.15, 0.2) is 6.61 Å². The van der Waals surface area contributed by atoms with Crippen LogP contribution < -0.4 is 5.73 Å². The molecule has 0 bridgehead atoms. The molecule has 3 aromatic rings. The van der Waals surface area contributed by atoms with Gasteiger partial charge in [-0.05, 0) is 50.2 Å². The monoisotopic (exact) mass is 386 g/mol. The Balaban J connectivity index is 1.70. The molecule has 0 fully saturated rings. The highest BCUT2D eigenvalue weighted by Crippen LogP contribution is 2.20. The molecule has 7 heteroatoms. The summed E-state index contributed by atoms with van der Waals surface area (Å²) < 4.78 is 12.5. The van der Waals surface area contributed by atoms with Crippen LogP contribution in [0.4, 0.5) is 5.69 Å². The van der Waals surface area contributed by atoms with Crippen molar-refractivity contribution in [1.82, 2.24) is 4.57 Å². The maximum atomic E-state index is 12.5. The number of rotatable bonds is 6. The van der Waals surface area contributed by atoms with Crippen molar-refractivity contribution >= 4 is 29.0 Å². The zero-order valence-electron chi connectivity index (χ0n) is 15.0. The number of ketones is 1. The first kappa shape index (κ1) is 18.8. The van der Waals surface area contributed by atoms with E-state index in [4.69, 9.17) is 26.5 Å². The first-order chi connectivity index (χ1) is 12.9. The molecule has 0 saturated carbocycles. The number of benzene rings is 1. The lowest BCUT2D eigenvalue weighted by atomic mass is 10.1. The maximum Gasteiger partial charge on any atom is 0.340 e. The molecule has 2 heterocycles. The summed E-state index contributed by atoms with van der Waals surface area (Å²) in [5.74, 6) is -0.156. The second-order valence-electron chi connectivity index (χ2n) is 6.18. The minimum absolute atomic E-state index is 0.176. The van der Waals surface area contributed by atoms with Crippen molar-refractivity contribution in [2.45, 2.75) is 20.4 Å². The molecule has 0 unspecified atom stereocenters. The van der Waals surface area contributed by atoms with Gasteiger partial charge in [-0.1, -0.05) is 11.6 Å². The number of ether oxygens (including phenoxy) is 1. The van der Waals surface area contributed by atoms with Gasteiger partial charge in [0.05, 0.1) is 18.4 Å². The quantitative estimate of drug-likeness (QED) is 0.392. The zero-order valence-corrected chi connectivity index (χ0v) is 15.7. The van der Waals surface area contributed by atoms with E-state index in [1.54, 1.807) is 18.4 Å². The third kappa shape index (κ3) is 4.06. The van der Waals surface area contributed by atoms with Crippen LogP contribution in [0.5, 0.6) is 0 Å². The van der Waals surface area contributed by atoms with E-state index in [1.807, 2.05) is 30.5 Å². The van der Waals surface area contributed by atoms with Crippen molar-refractivity contribution in [3.8, 4) is 0 Å². The van der Waals surface area contributed by atoms with Gasteiger partial charge in [-0.2, -0.15) is 0 Å². The Hall–Kier alpha value is -2.99. The van der Waals surface area contributed by atoms with Crippen LogP contribution in [-0.4, -0.2) is 22.9 Å². The maximum absolute atomic E-state index is 12.5. The van der Waals surface area contributed by atoms with Gasteiger partial charge < -0.3 is 19.5 Å². The molecule has 2 N–H and O–H groups in total. The number of esters is 1. The Kier molecular flexibility index (Phi) is 5.37. The molecule has 0 atom stereocenters. The molecular formula is C20H19ClN2O4. The van der Waals surface area contributed by atoms with Gasteiger partial charge in [-0.3, -0.25) is 4.79 Å². The number of furan rings is 1. The van der Waals surface area contributed by atoms with Crippen LogP contribution in [0.15, 0.2) is 47.1 Å². The third-order valence-electron chi connectivity index (χ3n) is 4.34. The van der Waals surface area contributed by atoms with Crippen LogP contribution >= 0.6 is 11.6 Å². The predicted octanol–water partition coefficient (Wildman–Crippen LogP) is 4.02. The van der Waals surface area contributed by atoms with Crippen LogP contribution in [0.2, 0.25) is 5.02 Å². The molecule has 1 aromatic carbocycles. The molecule has 0 aliphatic heterocycles. The van der Waals surface area contributed by atoms with Crippen molar-refractivity contribution < 1.29 is 18.7 Å². The lowest BCUT2D eigenvalue weighted by Gasteiger charge is -2.09. The lowest BCUT2D eigenvalue weighted by Crippen LogP contribution is -2.16. The van der Waals surface area contributed by atoms with E-state index in [0.29, 0.717) is 17.1 Å². The van der Waals surface area contributed by atoms with Gasteiger partial charge in [0.1, 0.15) is 5.76 Å². The van der Waals surface area contributed by atoms with Crippen molar-refractivity contribution in [1.29, 1.82) is 0 Å². The van der Waals surface area contributed by atoms with Gasteiger partial charge in [0.2, 0.25) is 5.78 Å². The minimum Gasteiger partial charge on any atom is -0.467 e. The number of Topliss-reactive ketones (excluding diaryl/α,β-unsaturated/α-hetero) is 1. The topological polar surface area (TPSA) is 87.5 Å². The number of carbonyl (C=O) groups excluding carboxylic acids is 2. The van der Waals surface area contributed by atoms with Crippen LogP contribution in [-0.2, 0) is 11.3 Å². The highest BCUT2D eigenvalue weighted by Gasteiger charge is 2.19. The summed E-state index contributed by atoms with van der Waals surface area (Å²) in [6.45, 7) is 3.92. The van der Waals surface area contributed by atoms with Gasteiger partial charge in [0, 0.05) is 27.7 Å². The largest absolute Gasteiger partial charge is 0.467 e. The fraction of sp³-hybridized carbons (Fsp3) is 0.200. The van der Waals surface area contributed by atoms with E-state index in [-0.39, 0.29) is 23.6 Å². The number of aryl methyl sites for hydroxylation is 1. The van der Waals surface area contributed by atoms with Crippen molar-refractivity contribution in [3.05, 3.63) is 76.0 Å². The van der Waals surface area contributed by atoms with Crippen LogP contribution in [0.1, 0.15) is 37.9 Å². The van der Waals surface area contributed by atoms with E-state index in [1.165, 1.54) is 12.1 Å². The van der Waals surface area contributed by atoms with Crippen molar-refractivity contribution in [3.63, 3.8) is 0 Å². The summed E-state index contributed by atoms with van der Waals surface area (Å²) in [5, 5.41) is 0.420. The van der Waals surface area contributed by atoms with E-state index in [9.17, 15) is 9.59 Å². The predicted molar refractivity (Wildman–Crippen MR) is 102 cm³/mol. The van der Waals surface area contributed by atoms with E-state index in [2.05, 4.69) is 0 Å². The highest BCUT2D eigenvalue weighted by molar-refractivity contribution is 6.31. The minimum atomic E-state index is -0.665. The molecule has 2 aromatic heterocycles. The first-order valence-electron chi connectivity index (χ1n) is 8.31. The number of carbonyl (C=O) groups is 2. The van der Waals surface area contributed by atoms with Gasteiger partial charge >= 0.3 is 5.97 Å². The number of hydrogen-bond donors (Lipinski definition) is 1. The van der Waals surface area contributed by atoms with E-state index < -0.39 is 5.97 Å². The van der Waals surface area contributed by atoms with Gasteiger partial charge in [-0.25, -0.2) is 4.79 Å². The second-order valence-corrected chi connectivity index (χ2v) is 6.62. The molecule has 6 nitrogen and oxygen atoms in total. The van der Waals surface area contributed by atoms with Crippen LogP contribution in [0, 0.1) is 13.8 Å². The first-order valence-corrected chi connectivity index (χ1v) is 8.69. The SMILES string of the molecule is Cc1cc(C(=O)COC(=O)c2ccc(Cl)cc2N)c(C)n1Cc1ccco1. The van der Waals surface area contributed by atoms with Crippen molar-refractivity contribution in [2.24, 2.45) is 0 Å². The molecule has 0 amide bonds. The average Bonchev–Trinajstić information content (AvgIpc) is 3.23. The van der Waals surface area contributed by atoms with Gasteiger partial charge in [-0.15, -0.1) is 0 Å². The number of aromatic nitrogens is 1. The molecular weight excluding hydrogens is 368 g/mol. The van der Waals surface area contributed by atoms with Gasteiger partial charge in [0.25, 0.3) is 0 Å². The Morgan fingerprint density at radius 2 is 1.96 bits per heavy atom. The Morgan fingerprint density at radius 3 is 2.63 bits per heavy atom. The smallest absolute Gasteiger partial charge is 0.340 e. The van der Waals surface area contributed by atoms with Crippen molar-refractivity contribution in [2.75, 3.05) is 12.3 Å². The molecule has 0 spiro atoms. The Morgan fingerprint density at radius 1 is 1.19 bits per heavy atom. The Bertz CT molecular complexity index is 990. The number of nitrogen functional groups attached to an aromatic ring is 1. The summed E-state index contributed by atoms with van der Waals surface area (Å²) in [6, 6.07) is 9.95. The molecule has 0 aliphatic rings. The van der Waals surface area contributed by atoms with E-state index in [0.717, 1.165) is 17.1 Å². The highest BCUT2D eigenvalue weighted by atomic mass is 35.5. The number of halogens is 1. The number of nitrogens with two attached hydrogens (primary N) is 1. The summed E-state index contributed by atoms with van der Waals surface area (Å²) in [4.78, 5) is 24.7. The third-order valence-corrected chi connectivity index (χ3v) is 4.57. The molecule has 0 saturated heterocycles. The lowest BCUT2D eigenvalue weighted by molar-refractivity contribution is 0.0475. The van der Waals surface area contributed by atoms with E-state index >= 15 is 0 Å². The Labute approximate surface area is 161 Å². The fourth-order valence-electron chi connectivity index (χ4n) is 2.89. The molecule has 0 aliphatic carbocycles. The molecule has 27 heavy (non-hydrogen) atoms. The van der Waals surface area contributed by atoms with Crippen LogP contribution in [0.3, 0.4) is 0 Å². The van der Waals surface area contributed by atoms with Crippen LogP contribution in [0.25, 0.3) is 0 Å². The number of hydrogen-bond acceptors (Lipinski definition) is 5. The average molecular weight is 387 g/mol. The zero-order chi connectivity index (χ0) is 19.6. The molecule has 140 valence electrons. The summed E-state index contributed by atoms with van der Waals surface area (Å²) in [6.07, 6.45) is 1.61. The molecule has 3 rings (SSSR count). The summed E-state index contributed by atoms with van der Waals surface area (Å²) >= 11 is 5.82. The standard InChI is InChI=1S/C20H19ClN2O4/c1-12-8-17(13(2)23(12)10-15-4-3-7-26-15)19(24)11-27-20(25)16-6-5-14(21)9-18(16)22/h3-9H,10-11,22H2,1-2H3. The summed E-state index contributed by atoms with van der Waals surface area (Å²) in [5.41, 5.74) is 8.37. The second kappa shape index (κ2) is 7.72. The number of anilines is 1. The molecule has 0 radical (unpaired) electrons. The fourth-order valence-corrected chi connectivity index (χ4v) is 3.07. The summed E-state index contributed by atoms with van der Waals surface area (Å²) in [7, 11) is 0. The number of nitrogens with zero attached hydrogens (tertiary/aromatic N) is 1.